The number of benzene rings is 1. The van der Waals surface area contributed by atoms with Crippen LogP contribution >= 0.6 is 31.9 Å². The summed E-state index contributed by atoms with van der Waals surface area (Å²) in [4.78, 5) is 14.9. The van der Waals surface area contributed by atoms with Gasteiger partial charge in [0.25, 0.3) is 0 Å². The number of carbonyl (C=O) groups is 1. The maximum Gasteiger partial charge on any atom is 0.229 e. The fourth-order valence-corrected chi connectivity index (χ4v) is 4.42. The normalized spacial score (nSPS) is 26.4. The number of hydrogen-bond donors (Lipinski definition) is 1. The van der Waals surface area contributed by atoms with Crippen molar-refractivity contribution in [2.24, 2.45) is 5.92 Å². The van der Waals surface area contributed by atoms with Gasteiger partial charge in [-0.25, -0.2) is 0 Å². The van der Waals surface area contributed by atoms with Crippen LogP contribution in [-0.4, -0.2) is 29.9 Å². The summed E-state index contributed by atoms with van der Waals surface area (Å²) in [6.45, 7) is 2.23. The molecular weight excluding hydrogens is 372 g/mol. The summed E-state index contributed by atoms with van der Waals surface area (Å²) in [5, 5.41) is 3.07. The Hall–Kier alpha value is -0.390. The number of fused-ring (bicyclic) bond motifs is 1. The molecule has 102 valence electrons. The molecule has 1 amide bonds. The number of hydrogen-bond acceptors (Lipinski definition) is 2. The molecule has 3 nitrogen and oxygen atoms in total. The molecule has 1 aromatic carbocycles. The Balaban J connectivity index is 1.75. The van der Waals surface area contributed by atoms with Gasteiger partial charge in [0.1, 0.15) is 0 Å². The summed E-state index contributed by atoms with van der Waals surface area (Å²) in [6.07, 6.45) is 3.38. The minimum Gasteiger partial charge on any atom is -0.324 e. The third-order valence-corrected chi connectivity index (χ3v) is 5.48. The number of nitrogens with zero attached hydrogens (tertiary/aromatic N) is 1. The van der Waals surface area contributed by atoms with Gasteiger partial charge in [0.15, 0.2) is 0 Å². The molecule has 0 aliphatic carbocycles. The maximum absolute atomic E-state index is 12.5. The molecule has 2 aliphatic rings. The van der Waals surface area contributed by atoms with Gasteiger partial charge >= 0.3 is 0 Å². The van der Waals surface area contributed by atoms with E-state index in [0.717, 1.165) is 40.6 Å². The maximum atomic E-state index is 12.5. The fourth-order valence-electron chi connectivity index (χ4n) is 3.22. The number of amides is 1. The third-order valence-electron chi connectivity index (χ3n) is 4.15. The lowest BCUT2D eigenvalue weighted by Gasteiger charge is -2.20. The first-order valence-electron chi connectivity index (χ1n) is 6.66. The van der Waals surface area contributed by atoms with E-state index >= 15 is 0 Å². The zero-order chi connectivity index (χ0) is 13.4. The van der Waals surface area contributed by atoms with Crippen molar-refractivity contribution in [3.8, 4) is 0 Å². The van der Waals surface area contributed by atoms with Crippen molar-refractivity contribution in [2.75, 3.05) is 18.4 Å². The molecule has 2 heterocycles. The second kappa shape index (κ2) is 5.54. The number of carbonyl (C=O) groups excluding carboxylic acids is 1. The first-order chi connectivity index (χ1) is 9.16. The van der Waals surface area contributed by atoms with Crippen molar-refractivity contribution >= 4 is 43.5 Å². The van der Waals surface area contributed by atoms with Crippen molar-refractivity contribution in [3.63, 3.8) is 0 Å². The SMILES string of the molecule is O=C(Nc1c(Br)cccc1Br)C1CCN2CCCC12. The first-order valence-corrected chi connectivity index (χ1v) is 8.24. The van der Waals surface area contributed by atoms with Crippen molar-refractivity contribution in [3.05, 3.63) is 27.1 Å². The van der Waals surface area contributed by atoms with Crippen LogP contribution in [-0.2, 0) is 4.79 Å². The number of nitrogens with one attached hydrogen (secondary N) is 1. The second-order valence-corrected chi connectivity index (χ2v) is 6.94. The minimum atomic E-state index is 0.140. The van der Waals surface area contributed by atoms with E-state index in [9.17, 15) is 4.79 Å². The summed E-state index contributed by atoms with van der Waals surface area (Å²) in [7, 11) is 0. The van der Waals surface area contributed by atoms with Crippen molar-refractivity contribution in [1.82, 2.24) is 4.90 Å². The van der Waals surface area contributed by atoms with Crippen LogP contribution in [0, 0.1) is 5.92 Å². The Labute approximate surface area is 130 Å². The highest BCUT2D eigenvalue weighted by atomic mass is 79.9. The summed E-state index contributed by atoms with van der Waals surface area (Å²) in [5.74, 6) is 0.295. The van der Waals surface area contributed by atoms with Crippen LogP contribution in [0.15, 0.2) is 27.1 Å². The summed E-state index contributed by atoms with van der Waals surface area (Å²) < 4.78 is 1.83. The van der Waals surface area contributed by atoms with Crippen LogP contribution in [0.5, 0.6) is 0 Å². The molecule has 0 bridgehead atoms. The van der Waals surface area contributed by atoms with Gasteiger partial charge < -0.3 is 5.32 Å². The zero-order valence-electron chi connectivity index (χ0n) is 10.5. The van der Waals surface area contributed by atoms with Gasteiger partial charge in [-0.2, -0.15) is 0 Å². The molecule has 5 heteroatoms. The molecule has 0 spiro atoms. The van der Waals surface area contributed by atoms with Gasteiger partial charge in [-0.15, -0.1) is 0 Å². The Morgan fingerprint density at radius 2 is 1.95 bits per heavy atom. The van der Waals surface area contributed by atoms with E-state index in [1.54, 1.807) is 0 Å². The van der Waals surface area contributed by atoms with Crippen LogP contribution in [0.3, 0.4) is 0 Å². The van der Waals surface area contributed by atoms with Crippen LogP contribution in [0.1, 0.15) is 19.3 Å². The Morgan fingerprint density at radius 1 is 1.21 bits per heavy atom. The number of anilines is 1. The van der Waals surface area contributed by atoms with Crippen LogP contribution in [0.25, 0.3) is 0 Å². The largest absolute Gasteiger partial charge is 0.324 e. The monoisotopic (exact) mass is 386 g/mol. The summed E-state index contributed by atoms with van der Waals surface area (Å²) in [5.41, 5.74) is 0.837. The molecular formula is C14H16Br2N2O. The van der Waals surface area contributed by atoms with E-state index < -0.39 is 0 Å². The molecule has 2 saturated heterocycles. The lowest BCUT2D eigenvalue weighted by Crippen LogP contribution is -2.33. The molecule has 0 aromatic heterocycles. The first kappa shape index (κ1) is 13.6. The highest BCUT2D eigenvalue weighted by Crippen LogP contribution is 2.35. The Morgan fingerprint density at radius 3 is 2.68 bits per heavy atom. The highest BCUT2D eigenvalue weighted by Gasteiger charge is 2.41. The lowest BCUT2D eigenvalue weighted by atomic mass is 9.97. The Bertz CT molecular complexity index is 486. The molecule has 19 heavy (non-hydrogen) atoms. The quantitative estimate of drug-likeness (QED) is 0.840. The predicted octanol–water partition coefficient (Wildman–Crippen LogP) is 3.63. The Kier molecular flexibility index (Phi) is 3.96. The highest BCUT2D eigenvalue weighted by molar-refractivity contribution is 9.11. The summed E-state index contributed by atoms with van der Waals surface area (Å²) >= 11 is 6.97. The van der Waals surface area contributed by atoms with Crippen LogP contribution in [0.2, 0.25) is 0 Å². The van der Waals surface area contributed by atoms with Crippen molar-refractivity contribution in [2.45, 2.75) is 25.3 Å². The van der Waals surface area contributed by atoms with Gasteiger partial charge in [-0.3, -0.25) is 9.69 Å². The number of halogens is 2. The average molecular weight is 388 g/mol. The molecule has 3 rings (SSSR count). The molecule has 0 radical (unpaired) electrons. The standard InChI is InChI=1S/C14H16Br2N2O/c15-10-3-1-4-11(16)13(10)17-14(19)9-6-8-18-7-2-5-12(9)18/h1,3-4,9,12H,2,5-8H2,(H,17,19). The van der Waals surface area contributed by atoms with Crippen LogP contribution in [0.4, 0.5) is 5.69 Å². The van der Waals surface area contributed by atoms with Gasteiger partial charge in [-0.05, 0) is 76.3 Å². The molecule has 0 saturated carbocycles. The lowest BCUT2D eigenvalue weighted by molar-refractivity contribution is -0.120. The van der Waals surface area contributed by atoms with E-state index in [0.29, 0.717) is 6.04 Å². The molecule has 2 atom stereocenters. The zero-order valence-corrected chi connectivity index (χ0v) is 13.7. The smallest absolute Gasteiger partial charge is 0.229 e. The predicted molar refractivity (Wildman–Crippen MR) is 83.2 cm³/mol. The average Bonchev–Trinajstić information content (AvgIpc) is 2.95. The van der Waals surface area contributed by atoms with Gasteiger partial charge in [0.2, 0.25) is 5.91 Å². The van der Waals surface area contributed by atoms with Gasteiger partial charge in [0, 0.05) is 15.0 Å². The molecule has 2 unspecified atom stereocenters. The van der Waals surface area contributed by atoms with Crippen LogP contribution < -0.4 is 5.32 Å². The topological polar surface area (TPSA) is 32.3 Å². The minimum absolute atomic E-state index is 0.140. The van der Waals surface area contributed by atoms with Crippen molar-refractivity contribution < 1.29 is 4.79 Å². The second-order valence-electron chi connectivity index (χ2n) is 5.23. The van der Waals surface area contributed by atoms with Gasteiger partial charge in [-0.1, -0.05) is 6.07 Å². The summed E-state index contributed by atoms with van der Waals surface area (Å²) in [6, 6.07) is 6.28. The van der Waals surface area contributed by atoms with E-state index in [2.05, 4.69) is 42.1 Å². The molecule has 2 aliphatic heterocycles. The van der Waals surface area contributed by atoms with E-state index in [-0.39, 0.29) is 11.8 Å². The van der Waals surface area contributed by atoms with Gasteiger partial charge in [0.05, 0.1) is 11.6 Å². The van der Waals surface area contributed by atoms with Crippen molar-refractivity contribution in [1.29, 1.82) is 0 Å². The molecule has 1 N–H and O–H groups in total. The third kappa shape index (κ3) is 2.60. The fraction of sp³-hybridized carbons (Fsp3) is 0.500. The molecule has 1 aromatic rings. The number of para-hydroxylation sites is 1. The number of rotatable bonds is 2. The van der Waals surface area contributed by atoms with E-state index in [4.69, 9.17) is 0 Å². The van der Waals surface area contributed by atoms with E-state index in [1.807, 2.05) is 18.2 Å². The van der Waals surface area contributed by atoms with E-state index in [1.165, 1.54) is 6.42 Å². The molecule has 2 fully saturated rings.